The fourth-order valence-electron chi connectivity index (χ4n) is 8.43. The first-order valence-corrected chi connectivity index (χ1v) is 27.5. The molecule has 3 unspecified atom stereocenters. The Morgan fingerprint density at radius 1 is 0.508 bits per heavy atom. The normalized spacial score (nSPS) is 13.0. The predicted octanol–water partition coefficient (Wildman–Crippen LogP) is 14.2. The van der Waals surface area contributed by atoms with Crippen molar-refractivity contribution in [2.45, 2.75) is 295 Å². The number of nitrogens with zero attached hydrogens (tertiary/aromatic N) is 1. The molecular formula is C55H105N5O5. The highest BCUT2D eigenvalue weighted by molar-refractivity contribution is 5.87. The van der Waals surface area contributed by atoms with Gasteiger partial charge in [0.25, 0.3) is 0 Å². The van der Waals surface area contributed by atoms with Crippen molar-refractivity contribution in [1.82, 2.24) is 5.32 Å². The molecule has 0 spiro atoms. The third kappa shape index (κ3) is 46.0. The largest absolute Gasteiger partial charge is 0.481 e. The van der Waals surface area contributed by atoms with Gasteiger partial charge < -0.3 is 32.4 Å². The van der Waals surface area contributed by atoms with Gasteiger partial charge in [-0.3, -0.25) is 14.6 Å². The molecule has 0 bridgehead atoms. The summed E-state index contributed by atoms with van der Waals surface area (Å²) in [4.78, 5) is 41.9. The number of hydrogen-bond donors (Lipinski definition) is 5. The summed E-state index contributed by atoms with van der Waals surface area (Å²) in [5.74, 6) is -2.15. The Bertz CT molecular complexity index is 1170. The van der Waals surface area contributed by atoms with Crippen LogP contribution in [0.25, 0.3) is 0 Å². The molecule has 0 aromatic carbocycles. The van der Waals surface area contributed by atoms with Gasteiger partial charge in [-0.05, 0) is 96.3 Å². The number of carbonyl (C=O) groups is 3. The van der Waals surface area contributed by atoms with E-state index in [-0.39, 0.29) is 24.9 Å². The van der Waals surface area contributed by atoms with E-state index < -0.39 is 29.9 Å². The maximum atomic E-state index is 13.5. The lowest BCUT2D eigenvalue weighted by atomic mass is 10.0. The van der Waals surface area contributed by atoms with Crippen molar-refractivity contribution in [2.24, 2.45) is 22.2 Å². The minimum atomic E-state index is -1.07. The van der Waals surface area contributed by atoms with Crippen LogP contribution in [0, 0.1) is 0 Å². The number of amides is 1. The zero-order chi connectivity index (χ0) is 47.7. The molecule has 1 amide bonds. The molecule has 0 aromatic rings. The molecule has 0 saturated heterocycles. The summed E-state index contributed by atoms with van der Waals surface area (Å²) < 4.78 is 6.09. The highest BCUT2D eigenvalue weighted by Crippen LogP contribution is 2.20. The van der Waals surface area contributed by atoms with Crippen LogP contribution < -0.4 is 22.5 Å². The number of allylic oxidation sites excluding steroid dienone is 4. The van der Waals surface area contributed by atoms with E-state index in [4.69, 9.17) is 21.9 Å². The van der Waals surface area contributed by atoms with Gasteiger partial charge in [0.15, 0.2) is 5.96 Å². The number of unbranched alkanes of at least 4 members (excludes halogenated alkanes) is 31. The number of carboxylic acids is 1. The SMILES string of the molecule is CCCCCCCC/C=C\CCCCCCCCCCCCC(CCCCCCCCCCC/C=C\CCCCCCCC)OC(=O)C(CCC(=O)O)NC(=O)C(N)CCCN=C(N)N. The summed E-state index contributed by atoms with van der Waals surface area (Å²) in [5, 5.41) is 12.1. The second kappa shape index (κ2) is 49.0. The first-order valence-electron chi connectivity index (χ1n) is 27.5. The molecule has 10 heteroatoms. The van der Waals surface area contributed by atoms with Gasteiger partial charge in [-0.25, -0.2) is 4.79 Å². The van der Waals surface area contributed by atoms with Crippen LogP contribution in [0.2, 0.25) is 0 Å². The lowest BCUT2D eigenvalue weighted by Crippen LogP contribution is -2.49. The second-order valence-electron chi connectivity index (χ2n) is 19.0. The van der Waals surface area contributed by atoms with Crippen molar-refractivity contribution in [3.8, 4) is 0 Å². The lowest BCUT2D eigenvalue weighted by molar-refractivity contribution is -0.154. The maximum Gasteiger partial charge on any atom is 0.328 e. The molecule has 0 saturated carbocycles. The van der Waals surface area contributed by atoms with E-state index in [2.05, 4.69) is 48.5 Å². The highest BCUT2D eigenvalue weighted by atomic mass is 16.5. The van der Waals surface area contributed by atoms with Gasteiger partial charge in [-0.15, -0.1) is 0 Å². The number of guanidine groups is 1. The number of carbonyl (C=O) groups excluding carboxylic acids is 2. The number of aliphatic carboxylic acids is 1. The predicted molar refractivity (Wildman–Crippen MR) is 277 cm³/mol. The van der Waals surface area contributed by atoms with Crippen molar-refractivity contribution in [3.05, 3.63) is 24.3 Å². The molecule has 0 aliphatic rings. The van der Waals surface area contributed by atoms with Gasteiger partial charge in [-0.1, -0.05) is 199 Å². The molecule has 3 atom stereocenters. The van der Waals surface area contributed by atoms with Crippen molar-refractivity contribution in [3.63, 3.8) is 0 Å². The van der Waals surface area contributed by atoms with E-state index in [0.717, 1.165) is 38.5 Å². The zero-order valence-electron chi connectivity index (χ0n) is 42.5. The van der Waals surface area contributed by atoms with E-state index in [1.54, 1.807) is 0 Å². The van der Waals surface area contributed by atoms with E-state index in [0.29, 0.717) is 19.4 Å². The minimum absolute atomic E-state index is 0.0267. The van der Waals surface area contributed by atoms with Crippen LogP contribution in [0.4, 0.5) is 0 Å². The number of aliphatic imine (C=N–C) groups is 1. The smallest absolute Gasteiger partial charge is 0.328 e. The van der Waals surface area contributed by atoms with Crippen molar-refractivity contribution < 1.29 is 24.2 Å². The van der Waals surface area contributed by atoms with Gasteiger partial charge in [0, 0.05) is 13.0 Å². The third-order valence-electron chi connectivity index (χ3n) is 12.7. The molecule has 0 fully saturated rings. The summed E-state index contributed by atoms with van der Waals surface area (Å²) in [6, 6.07) is -1.95. The summed E-state index contributed by atoms with van der Waals surface area (Å²) in [6.45, 7) is 4.88. The van der Waals surface area contributed by atoms with Crippen molar-refractivity contribution in [1.29, 1.82) is 0 Å². The Hall–Kier alpha value is -2.88. The Morgan fingerprint density at radius 2 is 0.862 bits per heavy atom. The Balaban J connectivity index is 4.68. The molecule has 0 rings (SSSR count). The van der Waals surface area contributed by atoms with Gasteiger partial charge in [0.05, 0.1) is 6.04 Å². The molecule has 380 valence electrons. The van der Waals surface area contributed by atoms with E-state index in [1.165, 1.54) is 199 Å². The zero-order valence-corrected chi connectivity index (χ0v) is 42.5. The summed E-state index contributed by atoms with van der Waals surface area (Å²) in [5.41, 5.74) is 16.9. The molecular weight excluding hydrogens is 811 g/mol. The number of carboxylic acid groups (broad SMARTS) is 1. The Morgan fingerprint density at radius 3 is 1.22 bits per heavy atom. The van der Waals surface area contributed by atoms with E-state index in [9.17, 15) is 19.5 Å². The average molecular weight is 916 g/mol. The highest BCUT2D eigenvalue weighted by Gasteiger charge is 2.27. The third-order valence-corrected chi connectivity index (χ3v) is 12.7. The van der Waals surface area contributed by atoms with Gasteiger partial charge in [0.1, 0.15) is 12.1 Å². The molecule has 0 aliphatic heterocycles. The van der Waals surface area contributed by atoms with E-state index >= 15 is 0 Å². The second-order valence-corrected chi connectivity index (χ2v) is 19.0. The molecule has 0 aliphatic carbocycles. The fourth-order valence-corrected chi connectivity index (χ4v) is 8.43. The molecule has 0 radical (unpaired) electrons. The number of nitrogens with two attached hydrogens (primary N) is 3. The first-order chi connectivity index (χ1) is 31.7. The molecule has 8 N–H and O–H groups in total. The topological polar surface area (TPSA) is 183 Å². The number of ether oxygens (including phenoxy) is 1. The van der Waals surface area contributed by atoms with Crippen LogP contribution in [0.5, 0.6) is 0 Å². The first kappa shape index (κ1) is 62.1. The summed E-state index contributed by atoms with van der Waals surface area (Å²) in [6.07, 6.45) is 55.9. The molecule has 65 heavy (non-hydrogen) atoms. The minimum Gasteiger partial charge on any atom is -0.481 e. The van der Waals surface area contributed by atoms with Gasteiger partial charge in [0.2, 0.25) is 5.91 Å². The summed E-state index contributed by atoms with van der Waals surface area (Å²) in [7, 11) is 0. The standard InChI is InChI=1S/C55H105N5O5/c1-3-5-7-9-11-13-15-17-19-21-23-25-27-29-31-33-35-37-39-41-44-49(43-40-38-36-34-32-30-28-26-24-22-20-18-16-14-12-10-8-6-4-2)65-54(64)51(46-47-52(61)62)60-53(63)50(56)45-42-48-59-55(57)58/h17-20,49-51H,3-16,21-48,56H2,1-2H3,(H,60,63)(H,61,62)(H4,57,58,59)/b19-17-,20-18-. The number of rotatable bonds is 50. The summed E-state index contributed by atoms with van der Waals surface area (Å²) >= 11 is 0. The number of hydrogen-bond acceptors (Lipinski definition) is 6. The Labute approximate surface area is 400 Å². The number of esters is 1. The van der Waals surface area contributed by atoms with Gasteiger partial charge in [-0.2, -0.15) is 0 Å². The average Bonchev–Trinajstić information content (AvgIpc) is 3.28. The van der Waals surface area contributed by atoms with Crippen LogP contribution in [0.1, 0.15) is 277 Å². The van der Waals surface area contributed by atoms with Crippen LogP contribution in [0.3, 0.4) is 0 Å². The van der Waals surface area contributed by atoms with E-state index in [1.807, 2.05) is 0 Å². The fraction of sp³-hybridized carbons (Fsp3) is 0.855. The lowest BCUT2D eigenvalue weighted by Gasteiger charge is -2.24. The van der Waals surface area contributed by atoms with Crippen LogP contribution >= 0.6 is 0 Å². The van der Waals surface area contributed by atoms with Crippen LogP contribution in [-0.2, 0) is 19.1 Å². The van der Waals surface area contributed by atoms with Crippen LogP contribution in [-0.4, -0.2) is 53.6 Å². The van der Waals surface area contributed by atoms with Crippen molar-refractivity contribution in [2.75, 3.05) is 6.54 Å². The Kier molecular flexibility index (Phi) is 46.9. The molecule has 0 aromatic heterocycles. The molecule has 10 nitrogen and oxygen atoms in total. The number of nitrogens with one attached hydrogen (secondary N) is 1. The van der Waals surface area contributed by atoms with Crippen LogP contribution in [0.15, 0.2) is 29.3 Å². The molecule has 0 heterocycles. The quantitative estimate of drug-likeness (QED) is 0.0131. The van der Waals surface area contributed by atoms with Crippen molar-refractivity contribution >= 4 is 23.8 Å². The monoisotopic (exact) mass is 916 g/mol. The maximum absolute atomic E-state index is 13.5. The van der Waals surface area contributed by atoms with Gasteiger partial charge >= 0.3 is 11.9 Å².